The standard InChI is InChI=1S/C26H35N5O6S/c1-4-6-19-21(17-33)29(3)24-23(19)27-25(28-26(24)34)20-16-18(7-8-22(20)37-15-5-2)38(35,36)31-11-9-30(10-12-31)13-14-32/h7-8,16-17,32H,4-6,9-15H2,1-3H3,(H,27,28,34). The number of sulfonamides is 1. The number of H-pyrrole nitrogens is 1. The number of rotatable bonds is 11. The summed E-state index contributed by atoms with van der Waals surface area (Å²) in [4.78, 5) is 34.6. The molecule has 1 aliphatic rings. The third kappa shape index (κ3) is 5.26. The molecule has 206 valence electrons. The fourth-order valence-corrected chi connectivity index (χ4v) is 6.33. The molecule has 0 radical (unpaired) electrons. The van der Waals surface area contributed by atoms with Gasteiger partial charge < -0.3 is 19.4 Å². The summed E-state index contributed by atoms with van der Waals surface area (Å²) in [5, 5.41) is 9.18. The number of benzene rings is 1. The number of piperazine rings is 1. The van der Waals surface area contributed by atoms with E-state index in [9.17, 15) is 23.1 Å². The van der Waals surface area contributed by atoms with Crippen LogP contribution >= 0.6 is 0 Å². The highest BCUT2D eigenvalue weighted by Crippen LogP contribution is 2.33. The molecule has 0 spiro atoms. The summed E-state index contributed by atoms with van der Waals surface area (Å²) < 4.78 is 36.0. The minimum atomic E-state index is -3.83. The number of aldehydes is 1. The first-order valence-corrected chi connectivity index (χ1v) is 14.4. The number of aryl methyl sites for hydroxylation is 2. The van der Waals surface area contributed by atoms with E-state index < -0.39 is 15.6 Å². The molecule has 3 heterocycles. The van der Waals surface area contributed by atoms with Crippen LogP contribution in [0.15, 0.2) is 27.9 Å². The monoisotopic (exact) mass is 545 g/mol. The van der Waals surface area contributed by atoms with Gasteiger partial charge in [-0.2, -0.15) is 4.31 Å². The molecule has 1 aliphatic heterocycles. The van der Waals surface area contributed by atoms with Gasteiger partial charge >= 0.3 is 0 Å². The number of β-amino-alcohol motifs (C(OH)–C–C–N with tert-alkyl or cyclic N) is 1. The van der Waals surface area contributed by atoms with Crippen LogP contribution in [-0.2, 0) is 23.5 Å². The van der Waals surface area contributed by atoms with Crippen molar-refractivity contribution in [2.45, 2.75) is 38.0 Å². The molecular weight excluding hydrogens is 510 g/mol. The van der Waals surface area contributed by atoms with Gasteiger partial charge in [0.25, 0.3) is 5.56 Å². The van der Waals surface area contributed by atoms with E-state index in [2.05, 4.69) is 4.98 Å². The van der Waals surface area contributed by atoms with E-state index in [0.29, 0.717) is 79.4 Å². The van der Waals surface area contributed by atoms with Crippen molar-refractivity contribution in [2.24, 2.45) is 7.05 Å². The third-order valence-corrected chi connectivity index (χ3v) is 8.75. The molecule has 4 rings (SSSR count). The molecule has 1 aromatic carbocycles. The molecule has 0 unspecified atom stereocenters. The highest BCUT2D eigenvalue weighted by Gasteiger charge is 2.30. The normalized spacial score (nSPS) is 15.3. The van der Waals surface area contributed by atoms with Crippen molar-refractivity contribution in [2.75, 3.05) is 45.9 Å². The second-order valence-electron chi connectivity index (χ2n) is 9.38. The van der Waals surface area contributed by atoms with Crippen LogP contribution in [0.1, 0.15) is 42.7 Å². The lowest BCUT2D eigenvalue weighted by Crippen LogP contribution is -2.49. The van der Waals surface area contributed by atoms with Crippen LogP contribution in [0.2, 0.25) is 0 Å². The van der Waals surface area contributed by atoms with Crippen LogP contribution in [0.3, 0.4) is 0 Å². The van der Waals surface area contributed by atoms with Crippen molar-refractivity contribution in [1.82, 2.24) is 23.7 Å². The first kappa shape index (κ1) is 28.0. The number of ether oxygens (including phenoxy) is 1. The van der Waals surface area contributed by atoms with Crippen molar-refractivity contribution >= 4 is 27.3 Å². The fraction of sp³-hybridized carbons (Fsp3) is 0.500. The molecule has 2 N–H and O–H groups in total. The number of carbonyl (C=O) groups excluding carboxylic acids is 1. The predicted octanol–water partition coefficient (Wildman–Crippen LogP) is 1.78. The van der Waals surface area contributed by atoms with Gasteiger partial charge in [0.2, 0.25) is 10.0 Å². The Kier molecular flexibility index (Phi) is 8.66. The van der Waals surface area contributed by atoms with E-state index in [1.165, 1.54) is 16.4 Å². The summed E-state index contributed by atoms with van der Waals surface area (Å²) in [6.07, 6.45) is 2.79. The lowest BCUT2D eigenvalue weighted by Gasteiger charge is -2.33. The molecule has 38 heavy (non-hydrogen) atoms. The highest BCUT2D eigenvalue weighted by atomic mass is 32.2. The Morgan fingerprint density at radius 2 is 1.89 bits per heavy atom. The van der Waals surface area contributed by atoms with Crippen LogP contribution in [0.5, 0.6) is 5.75 Å². The third-order valence-electron chi connectivity index (χ3n) is 6.85. The molecule has 0 amide bonds. The molecule has 1 saturated heterocycles. The number of nitrogens with zero attached hydrogens (tertiary/aromatic N) is 4. The minimum absolute atomic E-state index is 0.0284. The van der Waals surface area contributed by atoms with Crippen molar-refractivity contribution in [1.29, 1.82) is 0 Å². The summed E-state index contributed by atoms with van der Waals surface area (Å²) in [5.74, 6) is 0.587. The molecule has 0 atom stereocenters. The number of fused-ring (bicyclic) bond motifs is 1. The largest absolute Gasteiger partial charge is 0.493 e. The SMILES string of the molecule is CCCOc1ccc(S(=O)(=O)N2CCN(CCO)CC2)cc1-c1nc2c(CCC)c(C=O)n(C)c2c(=O)[nH]1. The Balaban J connectivity index is 1.83. The van der Waals surface area contributed by atoms with E-state index in [-0.39, 0.29) is 17.3 Å². The number of nitrogens with one attached hydrogen (secondary N) is 1. The second kappa shape index (κ2) is 11.8. The van der Waals surface area contributed by atoms with E-state index in [0.717, 1.165) is 19.1 Å². The molecule has 3 aromatic rings. The Labute approximate surface area is 222 Å². The number of aromatic amines is 1. The van der Waals surface area contributed by atoms with Gasteiger partial charge in [0, 0.05) is 45.3 Å². The van der Waals surface area contributed by atoms with E-state index in [4.69, 9.17) is 9.72 Å². The van der Waals surface area contributed by atoms with Crippen molar-refractivity contribution < 1.29 is 23.1 Å². The Hall–Kier alpha value is -3.06. The van der Waals surface area contributed by atoms with Gasteiger partial charge in [0.15, 0.2) is 6.29 Å². The van der Waals surface area contributed by atoms with E-state index >= 15 is 0 Å². The Morgan fingerprint density at radius 1 is 1.16 bits per heavy atom. The maximum absolute atomic E-state index is 13.5. The number of hydrogen-bond donors (Lipinski definition) is 2. The smallest absolute Gasteiger partial charge is 0.275 e. The molecule has 2 aromatic heterocycles. The molecule has 0 saturated carbocycles. The van der Waals surface area contributed by atoms with Crippen LogP contribution in [0.25, 0.3) is 22.4 Å². The van der Waals surface area contributed by atoms with Gasteiger partial charge in [0.05, 0.1) is 29.4 Å². The van der Waals surface area contributed by atoms with E-state index in [1.807, 2.05) is 18.7 Å². The number of hydrogen-bond acceptors (Lipinski definition) is 8. The quantitative estimate of drug-likeness (QED) is 0.348. The molecule has 0 aliphatic carbocycles. The molecule has 0 bridgehead atoms. The minimum Gasteiger partial charge on any atom is -0.493 e. The van der Waals surface area contributed by atoms with Gasteiger partial charge in [-0.3, -0.25) is 14.5 Å². The van der Waals surface area contributed by atoms with Crippen LogP contribution in [0, 0.1) is 0 Å². The summed E-state index contributed by atoms with van der Waals surface area (Å²) in [6, 6.07) is 4.60. The molecule has 12 heteroatoms. The van der Waals surface area contributed by atoms with Crippen molar-refractivity contribution in [3.05, 3.63) is 39.8 Å². The van der Waals surface area contributed by atoms with Crippen LogP contribution in [0.4, 0.5) is 0 Å². The molecule has 11 nitrogen and oxygen atoms in total. The maximum atomic E-state index is 13.5. The average Bonchev–Trinajstić information content (AvgIpc) is 3.18. The number of aliphatic hydroxyl groups is 1. The van der Waals surface area contributed by atoms with Gasteiger partial charge in [-0.05, 0) is 31.0 Å². The number of aromatic nitrogens is 3. The Bertz CT molecular complexity index is 1470. The number of carbonyl (C=O) groups is 1. The van der Waals surface area contributed by atoms with Crippen molar-refractivity contribution in [3.8, 4) is 17.1 Å². The highest BCUT2D eigenvalue weighted by molar-refractivity contribution is 7.89. The van der Waals surface area contributed by atoms with Crippen LogP contribution in [-0.4, -0.2) is 89.5 Å². The van der Waals surface area contributed by atoms with E-state index in [1.54, 1.807) is 17.7 Å². The Morgan fingerprint density at radius 3 is 2.53 bits per heavy atom. The molecular formula is C26H35N5O6S. The summed E-state index contributed by atoms with van der Waals surface area (Å²) in [5.41, 5.74) is 1.73. The topological polar surface area (TPSA) is 138 Å². The van der Waals surface area contributed by atoms with Crippen LogP contribution < -0.4 is 10.3 Å². The first-order chi connectivity index (χ1) is 18.3. The van der Waals surface area contributed by atoms with Gasteiger partial charge in [-0.25, -0.2) is 13.4 Å². The second-order valence-corrected chi connectivity index (χ2v) is 11.3. The van der Waals surface area contributed by atoms with Gasteiger partial charge in [-0.1, -0.05) is 20.3 Å². The predicted molar refractivity (Wildman–Crippen MR) is 144 cm³/mol. The summed E-state index contributed by atoms with van der Waals surface area (Å²) in [6.45, 7) is 6.57. The summed E-state index contributed by atoms with van der Waals surface area (Å²) in [7, 11) is -2.17. The zero-order valence-electron chi connectivity index (χ0n) is 22.1. The fourth-order valence-electron chi connectivity index (χ4n) is 4.88. The number of aliphatic hydroxyl groups excluding tert-OH is 1. The van der Waals surface area contributed by atoms with Gasteiger partial charge in [0.1, 0.15) is 22.6 Å². The maximum Gasteiger partial charge on any atom is 0.275 e. The van der Waals surface area contributed by atoms with Gasteiger partial charge in [-0.15, -0.1) is 0 Å². The molecule has 1 fully saturated rings. The first-order valence-electron chi connectivity index (χ1n) is 12.9. The lowest BCUT2D eigenvalue weighted by atomic mass is 10.1. The zero-order valence-corrected chi connectivity index (χ0v) is 22.9. The lowest BCUT2D eigenvalue weighted by molar-refractivity contribution is 0.111. The summed E-state index contributed by atoms with van der Waals surface area (Å²) >= 11 is 0. The van der Waals surface area contributed by atoms with Crippen molar-refractivity contribution in [3.63, 3.8) is 0 Å². The average molecular weight is 546 g/mol. The zero-order chi connectivity index (χ0) is 27.4.